The van der Waals surface area contributed by atoms with Gasteiger partial charge in [0.15, 0.2) is 0 Å². The van der Waals surface area contributed by atoms with Gasteiger partial charge in [0.05, 0.1) is 16.7 Å². The van der Waals surface area contributed by atoms with Crippen LogP contribution in [0.2, 0.25) is 0 Å². The van der Waals surface area contributed by atoms with Crippen LogP contribution in [0.4, 0.5) is 0 Å². The van der Waals surface area contributed by atoms with Gasteiger partial charge >= 0.3 is 0 Å². The molecule has 0 atom stereocenters. The van der Waals surface area contributed by atoms with Crippen LogP contribution in [0.1, 0.15) is 5.69 Å². The number of hydrogen-bond acceptors (Lipinski definition) is 2. The first-order valence-electron chi connectivity index (χ1n) is 5.41. The van der Waals surface area contributed by atoms with Crippen molar-refractivity contribution in [3.8, 4) is 0 Å². The Hall–Kier alpha value is -2.42. The molecule has 3 heteroatoms. The molecule has 0 saturated heterocycles. The highest BCUT2D eigenvalue weighted by Gasteiger charge is 2.03. The van der Waals surface area contributed by atoms with Gasteiger partial charge in [0.25, 0.3) is 0 Å². The third kappa shape index (κ3) is 1.61. The van der Waals surface area contributed by atoms with Crippen LogP contribution in [0.5, 0.6) is 0 Å². The Labute approximate surface area is 98.8 Å². The molecule has 17 heavy (non-hydrogen) atoms. The Bertz CT molecular complexity index is 722. The van der Waals surface area contributed by atoms with E-state index >= 15 is 0 Å². The molecule has 0 bridgehead atoms. The molecule has 0 radical (unpaired) electrons. The summed E-state index contributed by atoms with van der Waals surface area (Å²) >= 11 is 0. The van der Waals surface area contributed by atoms with E-state index in [4.69, 9.17) is 0 Å². The number of aromatic nitrogens is 3. The number of imidazole rings is 1. The molecule has 0 aliphatic heterocycles. The minimum atomic E-state index is 0.720. The Kier molecular flexibility index (Phi) is 2.22. The number of rotatable bonds is 2. The molecule has 0 aliphatic rings. The maximum atomic E-state index is 4.48. The van der Waals surface area contributed by atoms with Gasteiger partial charge < -0.3 is 0 Å². The molecule has 0 aliphatic carbocycles. The van der Waals surface area contributed by atoms with Gasteiger partial charge in [-0.25, -0.2) is 9.97 Å². The van der Waals surface area contributed by atoms with Gasteiger partial charge in [0, 0.05) is 6.20 Å². The van der Waals surface area contributed by atoms with E-state index in [9.17, 15) is 0 Å². The minimum absolute atomic E-state index is 0.720. The van der Waals surface area contributed by atoms with Gasteiger partial charge in [0.1, 0.15) is 0 Å². The first-order chi connectivity index (χ1) is 8.38. The van der Waals surface area contributed by atoms with Crippen molar-refractivity contribution in [2.45, 2.75) is 0 Å². The van der Waals surface area contributed by atoms with Crippen LogP contribution in [0.25, 0.3) is 22.9 Å². The predicted octanol–water partition coefficient (Wildman–Crippen LogP) is 3.08. The van der Waals surface area contributed by atoms with Gasteiger partial charge in [-0.1, -0.05) is 30.9 Å². The lowest BCUT2D eigenvalue weighted by molar-refractivity contribution is 1.12. The summed E-state index contributed by atoms with van der Waals surface area (Å²) in [5.74, 6) is 0.720. The number of allylic oxidation sites excluding steroid dienone is 2. The van der Waals surface area contributed by atoms with Crippen LogP contribution in [-0.2, 0) is 0 Å². The normalized spacial score (nSPS) is 11.5. The van der Waals surface area contributed by atoms with Crippen LogP contribution in [0.15, 0.2) is 55.3 Å². The van der Waals surface area contributed by atoms with E-state index in [1.807, 2.05) is 53.1 Å². The van der Waals surface area contributed by atoms with Crippen LogP contribution in [-0.4, -0.2) is 14.4 Å². The molecule has 2 aromatic heterocycles. The summed E-state index contributed by atoms with van der Waals surface area (Å²) in [6.07, 6.45) is 7.49. The van der Waals surface area contributed by atoms with Gasteiger partial charge in [-0.05, 0) is 24.3 Å². The maximum Gasteiger partial charge on any atom is 0.235 e. The summed E-state index contributed by atoms with van der Waals surface area (Å²) in [6.45, 7) is 3.64. The summed E-state index contributed by atoms with van der Waals surface area (Å²) < 4.78 is 1.99. The van der Waals surface area contributed by atoms with Crippen LogP contribution in [0.3, 0.4) is 0 Å². The third-order valence-corrected chi connectivity index (χ3v) is 2.60. The molecule has 0 fully saturated rings. The van der Waals surface area contributed by atoms with Crippen LogP contribution in [0, 0.1) is 0 Å². The Balaban J connectivity index is 2.26. The number of fused-ring (bicyclic) bond motifs is 3. The Morgan fingerprint density at radius 2 is 2.00 bits per heavy atom. The van der Waals surface area contributed by atoms with E-state index in [1.165, 1.54) is 0 Å². The lowest BCUT2D eigenvalue weighted by Crippen LogP contribution is -1.89. The summed E-state index contributed by atoms with van der Waals surface area (Å²) in [5.41, 5.74) is 2.92. The lowest BCUT2D eigenvalue weighted by atomic mass is 10.3. The summed E-state index contributed by atoms with van der Waals surface area (Å²) in [4.78, 5) is 8.94. The summed E-state index contributed by atoms with van der Waals surface area (Å²) in [5, 5.41) is 0. The molecule has 1 aromatic carbocycles. The quantitative estimate of drug-likeness (QED) is 0.622. The molecule has 3 aromatic rings. The topological polar surface area (TPSA) is 30.2 Å². The zero-order valence-electron chi connectivity index (χ0n) is 9.24. The Morgan fingerprint density at radius 1 is 1.12 bits per heavy atom. The highest BCUT2D eigenvalue weighted by atomic mass is 15.1. The third-order valence-electron chi connectivity index (χ3n) is 2.60. The first kappa shape index (κ1) is 9.78. The maximum absolute atomic E-state index is 4.48. The number of para-hydroxylation sites is 2. The van der Waals surface area contributed by atoms with Crippen molar-refractivity contribution in [2.75, 3.05) is 0 Å². The molecular formula is C14H11N3. The van der Waals surface area contributed by atoms with Crippen LogP contribution < -0.4 is 0 Å². The lowest BCUT2D eigenvalue weighted by Gasteiger charge is -1.95. The molecule has 3 nitrogen and oxygen atoms in total. The van der Waals surface area contributed by atoms with Crippen molar-refractivity contribution >= 4 is 22.9 Å². The number of hydrogen-bond donors (Lipinski definition) is 0. The standard InChI is InChI=1S/C14H11N3/c1-2-3-6-11-9-10-17-13-8-5-4-7-12(13)16-14(17)15-11/h2-10H,1H2. The zero-order chi connectivity index (χ0) is 11.7. The molecule has 0 N–H and O–H groups in total. The summed E-state index contributed by atoms with van der Waals surface area (Å²) in [7, 11) is 0. The second kappa shape index (κ2) is 3.87. The molecular weight excluding hydrogens is 210 g/mol. The molecule has 3 rings (SSSR count). The smallest absolute Gasteiger partial charge is 0.235 e. The SMILES string of the molecule is C=CC=Cc1ccn2c(n1)nc1ccccc12. The van der Waals surface area contributed by atoms with Crippen LogP contribution >= 0.6 is 0 Å². The van der Waals surface area contributed by atoms with E-state index < -0.39 is 0 Å². The molecule has 2 heterocycles. The average Bonchev–Trinajstić information content (AvgIpc) is 2.74. The van der Waals surface area contributed by atoms with Crippen molar-refractivity contribution < 1.29 is 0 Å². The van der Waals surface area contributed by atoms with Gasteiger partial charge in [-0.15, -0.1) is 0 Å². The number of nitrogens with zero attached hydrogens (tertiary/aromatic N) is 3. The monoisotopic (exact) mass is 221 g/mol. The second-order valence-corrected chi connectivity index (χ2v) is 3.72. The van der Waals surface area contributed by atoms with Crippen molar-refractivity contribution in [3.63, 3.8) is 0 Å². The molecule has 0 amide bonds. The fourth-order valence-corrected chi connectivity index (χ4v) is 1.82. The molecule has 82 valence electrons. The van der Waals surface area contributed by atoms with Crippen molar-refractivity contribution in [3.05, 3.63) is 61.0 Å². The molecule has 0 unspecified atom stereocenters. The second-order valence-electron chi connectivity index (χ2n) is 3.72. The van der Waals surface area contributed by atoms with Crippen molar-refractivity contribution in [1.82, 2.24) is 14.4 Å². The van der Waals surface area contributed by atoms with Crippen molar-refractivity contribution in [1.29, 1.82) is 0 Å². The van der Waals surface area contributed by atoms with E-state index in [2.05, 4.69) is 16.5 Å². The average molecular weight is 221 g/mol. The minimum Gasteiger partial charge on any atom is -0.284 e. The largest absolute Gasteiger partial charge is 0.284 e. The fourth-order valence-electron chi connectivity index (χ4n) is 1.82. The van der Waals surface area contributed by atoms with Gasteiger partial charge in [0.2, 0.25) is 5.78 Å². The van der Waals surface area contributed by atoms with E-state index in [0.717, 1.165) is 22.5 Å². The van der Waals surface area contributed by atoms with E-state index in [-0.39, 0.29) is 0 Å². The van der Waals surface area contributed by atoms with Crippen molar-refractivity contribution in [2.24, 2.45) is 0 Å². The fraction of sp³-hybridized carbons (Fsp3) is 0. The van der Waals surface area contributed by atoms with E-state index in [1.54, 1.807) is 6.08 Å². The highest BCUT2D eigenvalue weighted by molar-refractivity contribution is 5.79. The summed E-state index contributed by atoms with van der Waals surface area (Å²) in [6, 6.07) is 9.97. The predicted molar refractivity (Wildman–Crippen MR) is 69.7 cm³/mol. The molecule has 0 spiro atoms. The first-order valence-corrected chi connectivity index (χ1v) is 5.41. The Morgan fingerprint density at radius 3 is 2.88 bits per heavy atom. The van der Waals surface area contributed by atoms with Gasteiger partial charge in [-0.2, -0.15) is 0 Å². The number of benzene rings is 1. The zero-order valence-corrected chi connectivity index (χ0v) is 9.24. The van der Waals surface area contributed by atoms with E-state index in [0.29, 0.717) is 0 Å². The highest BCUT2D eigenvalue weighted by Crippen LogP contribution is 2.15. The molecule has 0 saturated carbocycles. The van der Waals surface area contributed by atoms with Gasteiger partial charge in [-0.3, -0.25) is 4.40 Å².